The fourth-order valence-corrected chi connectivity index (χ4v) is 4.09. The predicted molar refractivity (Wildman–Crippen MR) is 60.4 cm³/mol. The van der Waals surface area contributed by atoms with Gasteiger partial charge in [0.2, 0.25) is 0 Å². The van der Waals surface area contributed by atoms with Crippen LogP contribution in [0.3, 0.4) is 0 Å². The molecule has 4 heteroatoms. The molecule has 0 fully saturated rings. The van der Waals surface area contributed by atoms with Crippen molar-refractivity contribution in [1.29, 1.82) is 0 Å². The van der Waals surface area contributed by atoms with Crippen molar-refractivity contribution in [2.75, 3.05) is 0 Å². The van der Waals surface area contributed by atoms with Crippen LogP contribution < -0.4 is 0 Å². The Kier molecular flexibility index (Phi) is 2.23. The Morgan fingerprint density at radius 1 is 1.27 bits per heavy atom. The third-order valence-electron chi connectivity index (χ3n) is 3.39. The van der Waals surface area contributed by atoms with E-state index in [1.807, 2.05) is 6.92 Å². The summed E-state index contributed by atoms with van der Waals surface area (Å²) in [7, 11) is -3.11. The first kappa shape index (κ1) is 10.7. The second-order valence-corrected chi connectivity index (χ2v) is 6.46. The Labute approximate surface area is 91.4 Å². The number of hydrogen-bond acceptors (Lipinski definition) is 3. The summed E-state index contributed by atoms with van der Waals surface area (Å²) < 4.78 is 23.6. The van der Waals surface area contributed by atoms with Gasteiger partial charge in [-0.25, -0.2) is 8.42 Å². The van der Waals surface area contributed by atoms with Crippen molar-refractivity contribution in [2.24, 2.45) is 11.8 Å². The molecule has 0 aromatic carbocycles. The number of nitrogens with zero attached hydrogens (tertiary/aromatic N) is 1. The van der Waals surface area contributed by atoms with Crippen LogP contribution >= 0.6 is 0 Å². The Hall–Kier alpha value is -0.770. The van der Waals surface area contributed by atoms with Crippen LogP contribution in [0.5, 0.6) is 0 Å². The molecule has 0 amide bonds. The van der Waals surface area contributed by atoms with E-state index in [1.54, 1.807) is 6.20 Å². The van der Waals surface area contributed by atoms with Crippen LogP contribution in [0.4, 0.5) is 0 Å². The van der Waals surface area contributed by atoms with E-state index in [4.69, 9.17) is 0 Å². The third kappa shape index (κ3) is 1.34. The fraction of sp³-hybridized carbons (Fsp3) is 0.636. The summed E-state index contributed by atoms with van der Waals surface area (Å²) in [6, 6.07) is 0.316. The molecule has 15 heavy (non-hydrogen) atoms. The Morgan fingerprint density at radius 3 is 2.40 bits per heavy atom. The van der Waals surface area contributed by atoms with Gasteiger partial charge in [-0.05, 0) is 13.8 Å². The summed E-state index contributed by atoms with van der Waals surface area (Å²) in [5.41, 5.74) is 1.00. The highest BCUT2D eigenvalue weighted by Crippen LogP contribution is 2.48. The van der Waals surface area contributed by atoms with Crippen molar-refractivity contribution in [3.8, 4) is 0 Å². The maximum absolute atomic E-state index is 11.8. The van der Waals surface area contributed by atoms with Gasteiger partial charge in [-0.1, -0.05) is 13.8 Å². The van der Waals surface area contributed by atoms with Gasteiger partial charge >= 0.3 is 0 Å². The second-order valence-electron chi connectivity index (χ2n) is 4.66. The van der Waals surface area contributed by atoms with E-state index in [0.717, 1.165) is 5.70 Å². The van der Waals surface area contributed by atoms with Crippen molar-refractivity contribution in [3.05, 3.63) is 22.2 Å². The molecule has 0 aromatic heterocycles. The van der Waals surface area contributed by atoms with Crippen LogP contribution in [0.1, 0.15) is 27.7 Å². The number of allylic oxidation sites excluding steroid dienone is 2. The molecule has 2 rings (SSSR count). The molecular formula is C11H17NO2S. The largest absolute Gasteiger partial charge is 0.347 e. The van der Waals surface area contributed by atoms with Crippen molar-refractivity contribution in [1.82, 2.24) is 4.90 Å². The minimum atomic E-state index is -3.11. The summed E-state index contributed by atoms with van der Waals surface area (Å²) in [5, 5.41) is 1.33. The lowest BCUT2D eigenvalue weighted by Gasteiger charge is -2.45. The molecule has 2 unspecified atom stereocenters. The lowest BCUT2D eigenvalue weighted by atomic mass is 9.80. The average Bonchev–Trinajstić information content (AvgIpc) is 2.14. The molecule has 2 atom stereocenters. The summed E-state index contributed by atoms with van der Waals surface area (Å²) in [6.45, 7) is 8.22. The average molecular weight is 227 g/mol. The Bertz CT molecular complexity index is 445. The van der Waals surface area contributed by atoms with Gasteiger partial charge in [-0.15, -0.1) is 0 Å². The van der Waals surface area contributed by atoms with Crippen molar-refractivity contribution < 1.29 is 8.42 Å². The number of hydrogen-bond donors (Lipinski definition) is 0. The van der Waals surface area contributed by atoms with Crippen molar-refractivity contribution in [3.63, 3.8) is 0 Å². The SMILES string of the molecule is CC1C2=C(C1C)S(=O)(=O)C=CN2C(C)C. The molecule has 1 heterocycles. The first-order chi connectivity index (χ1) is 6.86. The molecule has 1 aliphatic heterocycles. The van der Waals surface area contributed by atoms with E-state index in [0.29, 0.717) is 16.9 Å². The highest BCUT2D eigenvalue weighted by molar-refractivity contribution is 7.98. The maximum Gasteiger partial charge on any atom is 0.199 e. The summed E-state index contributed by atoms with van der Waals surface area (Å²) in [6.07, 6.45) is 1.70. The number of rotatable bonds is 1. The molecule has 0 bridgehead atoms. The van der Waals surface area contributed by atoms with Crippen LogP contribution in [0.25, 0.3) is 0 Å². The normalized spacial score (nSPS) is 33.0. The lowest BCUT2D eigenvalue weighted by Crippen LogP contribution is -2.43. The molecule has 1 aliphatic carbocycles. The quantitative estimate of drug-likeness (QED) is 0.688. The minimum Gasteiger partial charge on any atom is -0.347 e. The van der Waals surface area contributed by atoms with Crippen LogP contribution in [0, 0.1) is 11.8 Å². The lowest BCUT2D eigenvalue weighted by molar-refractivity contribution is 0.270. The van der Waals surface area contributed by atoms with Crippen molar-refractivity contribution in [2.45, 2.75) is 33.7 Å². The van der Waals surface area contributed by atoms with Gasteiger partial charge in [-0.2, -0.15) is 0 Å². The van der Waals surface area contributed by atoms with Crippen LogP contribution in [0.15, 0.2) is 22.2 Å². The molecule has 0 N–H and O–H groups in total. The van der Waals surface area contributed by atoms with E-state index in [2.05, 4.69) is 25.7 Å². The molecule has 0 aromatic rings. The van der Waals surface area contributed by atoms with Crippen LogP contribution in [-0.4, -0.2) is 19.4 Å². The molecule has 3 nitrogen and oxygen atoms in total. The van der Waals surface area contributed by atoms with Gasteiger partial charge < -0.3 is 4.90 Å². The van der Waals surface area contributed by atoms with Gasteiger partial charge in [-0.3, -0.25) is 0 Å². The van der Waals surface area contributed by atoms with Crippen molar-refractivity contribution >= 4 is 9.84 Å². The van der Waals surface area contributed by atoms with Crippen LogP contribution in [0.2, 0.25) is 0 Å². The zero-order valence-electron chi connectivity index (χ0n) is 9.56. The standard InChI is InChI=1S/C11H17NO2S/c1-7(2)12-5-6-15(13,14)11-9(4)8(3)10(11)12/h5-9H,1-4H3. The topological polar surface area (TPSA) is 37.4 Å². The molecule has 2 aliphatic rings. The molecule has 0 saturated carbocycles. The van der Waals surface area contributed by atoms with E-state index >= 15 is 0 Å². The van der Waals surface area contributed by atoms with E-state index < -0.39 is 9.84 Å². The van der Waals surface area contributed by atoms with Gasteiger partial charge in [0.05, 0.1) is 10.3 Å². The van der Waals surface area contributed by atoms with Crippen LogP contribution in [-0.2, 0) is 9.84 Å². The molecule has 0 radical (unpaired) electrons. The monoisotopic (exact) mass is 227 g/mol. The van der Waals surface area contributed by atoms with Gasteiger partial charge in [0, 0.05) is 29.8 Å². The molecule has 84 valence electrons. The highest BCUT2D eigenvalue weighted by atomic mass is 32.2. The minimum absolute atomic E-state index is 0.163. The zero-order valence-corrected chi connectivity index (χ0v) is 10.4. The second kappa shape index (κ2) is 3.11. The third-order valence-corrected chi connectivity index (χ3v) is 5.06. The predicted octanol–water partition coefficient (Wildman–Crippen LogP) is 2.09. The van der Waals surface area contributed by atoms with Gasteiger partial charge in [0.1, 0.15) is 0 Å². The van der Waals surface area contributed by atoms with E-state index in [-0.39, 0.29) is 5.92 Å². The van der Waals surface area contributed by atoms with Gasteiger partial charge in [0.25, 0.3) is 0 Å². The molecule has 0 saturated heterocycles. The maximum atomic E-state index is 11.8. The Balaban J connectivity index is 2.52. The first-order valence-electron chi connectivity index (χ1n) is 5.32. The Morgan fingerprint density at radius 2 is 1.87 bits per heavy atom. The zero-order chi connectivity index (χ0) is 11.4. The fourth-order valence-electron chi connectivity index (χ4n) is 2.34. The number of sulfone groups is 1. The van der Waals surface area contributed by atoms with E-state index in [9.17, 15) is 8.42 Å². The first-order valence-corrected chi connectivity index (χ1v) is 6.86. The molecule has 0 spiro atoms. The highest BCUT2D eigenvalue weighted by Gasteiger charge is 2.45. The molecular weight excluding hydrogens is 210 g/mol. The van der Waals surface area contributed by atoms with E-state index in [1.165, 1.54) is 5.41 Å². The summed E-state index contributed by atoms with van der Waals surface area (Å²) in [5.74, 6) is 0.512. The summed E-state index contributed by atoms with van der Waals surface area (Å²) >= 11 is 0. The van der Waals surface area contributed by atoms with Gasteiger partial charge in [0.15, 0.2) is 9.84 Å². The summed E-state index contributed by atoms with van der Waals surface area (Å²) in [4.78, 5) is 2.70. The smallest absolute Gasteiger partial charge is 0.199 e.